The van der Waals surface area contributed by atoms with Gasteiger partial charge < -0.3 is 4.74 Å². The zero-order valence-corrected chi connectivity index (χ0v) is 12.1. The van der Waals surface area contributed by atoms with Crippen molar-refractivity contribution in [3.05, 3.63) is 53.6 Å². The molecule has 0 atom stereocenters. The van der Waals surface area contributed by atoms with Crippen molar-refractivity contribution in [2.75, 3.05) is 0 Å². The molecule has 2 rings (SSSR count). The van der Waals surface area contributed by atoms with E-state index >= 15 is 0 Å². The summed E-state index contributed by atoms with van der Waals surface area (Å²) in [5.41, 5.74) is 1.04. The van der Waals surface area contributed by atoms with E-state index in [9.17, 15) is 8.42 Å². The van der Waals surface area contributed by atoms with E-state index in [1.165, 1.54) is 12.1 Å². The molecule has 0 unspecified atom stereocenters. The van der Waals surface area contributed by atoms with Crippen LogP contribution in [0.3, 0.4) is 0 Å². The first-order chi connectivity index (χ1) is 9.40. The van der Waals surface area contributed by atoms with Crippen LogP contribution in [0.5, 0.6) is 11.5 Å². The number of aryl methyl sites for hydroxylation is 1. The van der Waals surface area contributed by atoms with Crippen LogP contribution in [0.1, 0.15) is 11.1 Å². The molecule has 0 bridgehead atoms. The normalized spacial score (nSPS) is 10.8. The summed E-state index contributed by atoms with van der Waals surface area (Å²) >= 11 is 0. The van der Waals surface area contributed by atoms with E-state index in [1.807, 2.05) is 6.07 Å². The molecule has 0 aliphatic rings. The molecule has 2 aromatic carbocycles. The maximum Gasteiger partial charge on any atom is 0.261 e. The molecule has 0 aromatic heterocycles. The predicted octanol–water partition coefficient (Wildman–Crippen LogP) is 3.59. The minimum atomic E-state index is -3.75. The van der Waals surface area contributed by atoms with Gasteiger partial charge in [-0.25, -0.2) is 8.42 Å². The van der Waals surface area contributed by atoms with E-state index in [-0.39, 0.29) is 4.90 Å². The lowest BCUT2D eigenvalue weighted by Gasteiger charge is -2.08. The van der Waals surface area contributed by atoms with Crippen LogP contribution >= 0.6 is 10.7 Å². The molecule has 0 N–H and O–H groups in total. The molecule has 0 aliphatic heterocycles. The Morgan fingerprint density at radius 1 is 1.10 bits per heavy atom. The highest BCUT2D eigenvalue weighted by molar-refractivity contribution is 8.13. The summed E-state index contributed by atoms with van der Waals surface area (Å²) in [6, 6.07) is 13.1. The second-order valence-electron chi connectivity index (χ2n) is 4.10. The number of hydrogen-bond donors (Lipinski definition) is 0. The summed E-state index contributed by atoms with van der Waals surface area (Å²) in [4.78, 5) is 0.0614. The molecule has 0 spiro atoms. The number of ether oxygens (including phenoxy) is 1. The van der Waals surface area contributed by atoms with Gasteiger partial charge in [0.2, 0.25) is 0 Å². The molecule has 2 aromatic rings. The van der Waals surface area contributed by atoms with Gasteiger partial charge in [-0.15, -0.1) is 0 Å². The third-order valence-corrected chi connectivity index (χ3v) is 4.11. The Morgan fingerprint density at radius 3 is 2.20 bits per heavy atom. The van der Waals surface area contributed by atoms with Crippen LogP contribution in [0.2, 0.25) is 0 Å². The van der Waals surface area contributed by atoms with E-state index in [0.29, 0.717) is 22.6 Å². The standard InChI is InChI=1S/C14H10ClNO3S/c1-10-8-13(6-7-14(10)20(15,17)18)19-12-4-2-11(9-16)3-5-12/h2-8H,1H3. The second-order valence-corrected chi connectivity index (χ2v) is 6.64. The van der Waals surface area contributed by atoms with Crippen molar-refractivity contribution in [3.63, 3.8) is 0 Å². The highest BCUT2D eigenvalue weighted by atomic mass is 35.7. The van der Waals surface area contributed by atoms with Crippen molar-refractivity contribution in [2.24, 2.45) is 0 Å². The maximum absolute atomic E-state index is 11.3. The summed E-state index contributed by atoms with van der Waals surface area (Å²) in [5.74, 6) is 1.06. The maximum atomic E-state index is 11.3. The van der Waals surface area contributed by atoms with E-state index in [0.717, 1.165) is 0 Å². The number of hydrogen-bond acceptors (Lipinski definition) is 4. The topological polar surface area (TPSA) is 67.2 Å². The average molecular weight is 308 g/mol. The van der Waals surface area contributed by atoms with Crippen molar-refractivity contribution in [3.8, 4) is 17.6 Å². The molecule has 20 heavy (non-hydrogen) atoms. The van der Waals surface area contributed by atoms with Gasteiger partial charge in [0.05, 0.1) is 16.5 Å². The summed E-state index contributed by atoms with van der Waals surface area (Å²) in [7, 11) is 1.56. The zero-order valence-electron chi connectivity index (χ0n) is 10.5. The lowest BCUT2D eigenvalue weighted by Crippen LogP contribution is -1.95. The highest BCUT2D eigenvalue weighted by Gasteiger charge is 2.13. The Morgan fingerprint density at radius 2 is 1.70 bits per heavy atom. The van der Waals surface area contributed by atoms with Gasteiger partial charge in [-0.1, -0.05) is 0 Å². The van der Waals surface area contributed by atoms with Crippen LogP contribution in [0.4, 0.5) is 0 Å². The van der Waals surface area contributed by atoms with E-state index < -0.39 is 9.05 Å². The third-order valence-electron chi connectivity index (χ3n) is 2.63. The average Bonchev–Trinajstić information content (AvgIpc) is 2.38. The molecule has 0 radical (unpaired) electrons. The first-order valence-corrected chi connectivity index (χ1v) is 7.94. The van der Waals surface area contributed by atoms with Crippen molar-refractivity contribution in [1.29, 1.82) is 5.26 Å². The minimum Gasteiger partial charge on any atom is -0.457 e. The summed E-state index contributed by atoms with van der Waals surface area (Å²) in [5, 5.41) is 8.70. The van der Waals surface area contributed by atoms with Crippen molar-refractivity contribution in [1.82, 2.24) is 0 Å². The van der Waals surface area contributed by atoms with Crippen molar-refractivity contribution >= 4 is 19.7 Å². The Labute approximate surface area is 121 Å². The van der Waals surface area contributed by atoms with Crippen LogP contribution in [0.15, 0.2) is 47.4 Å². The number of rotatable bonds is 3. The summed E-state index contributed by atoms with van der Waals surface area (Å²) in [6.45, 7) is 1.64. The predicted molar refractivity (Wildman–Crippen MR) is 75.4 cm³/mol. The van der Waals surface area contributed by atoms with Gasteiger partial charge in [-0.3, -0.25) is 0 Å². The minimum absolute atomic E-state index is 0.0614. The molecule has 4 nitrogen and oxygen atoms in total. The molecule has 0 saturated heterocycles. The van der Waals surface area contributed by atoms with Gasteiger partial charge >= 0.3 is 0 Å². The Balaban J connectivity index is 2.26. The van der Waals surface area contributed by atoms with Crippen LogP contribution in [0, 0.1) is 18.3 Å². The highest BCUT2D eigenvalue weighted by Crippen LogP contribution is 2.27. The summed E-state index contributed by atoms with van der Waals surface area (Å²) in [6.07, 6.45) is 0. The summed E-state index contributed by atoms with van der Waals surface area (Å²) < 4.78 is 28.2. The number of halogens is 1. The van der Waals surface area contributed by atoms with Gasteiger partial charge in [0.1, 0.15) is 11.5 Å². The second kappa shape index (κ2) is 5.53. The molecule has 6 heteroatoms. The lowest BCUT2D eigenvalue weighted by atomic mass is 10.2. The molecule has 102 valence electrons. The smallest absolute Gasteiger partial charge is 0.261 e. The molecular weight excluding hydrogens is 298 g/mol. The fourth-order valence-electron chi connectivity index (χ4n) is 1.69. The third kappa shape index (κ3) is 3.29. The van der Waals surface area contributed by atoms with Gasteiger partial charge in [0, 0.05) is 10.7 Å². The van der Waals surface area contributed by atoms with Crippen molar-refractivity contribution < 1.29 is 13.2 Å². The van der Waals surface area contributed by atoms with Crippen LogP contribution < -0.4 is 4.74 Å². The zero-order chi connectivity index (χ0) is 14.8. The van der Waals surface area contributed by atoms with E-state index in [4.69, 9.17) is 20.7 Å². The largest absolute Gasteiger partial charge is 0.457 e. The first-order valence-electron chi connectivity index (χ1n) is 5.63. The Kier molecular flexibility index (Phi) is 3.98. The van der Waals surface area contributed by atoms with E-state index in [2.05, 4.69) is 0 Å². The van der Waals surface area contributed by atoms with Crippen LogP contribution in [-0.2, 0) is 9.05 Å². The van der Waals surface area contributed by atoms with Crippen LogP contribution in [-0.4, -0.2) is 8.42 Å². The van der Waals surface area contributed by atoms with Gasteiger partial charge in [0.25, 0.3) is 9.05 Å². The molecule has 0 fully saturated rings. The monoisotopic (exact) mass is 307 g/mol. The molecular formula is C14H10ClNO3S. The first kappa shape index (κ1) is 14.4. The number of benzene rings is 2. The van der Waals surface area contributed by atoms with Gasteiger partial charge in [0.15, 0.2) is 0 Å². The fraction of sp³-hybridized carbons (Fsp3) is 0.0714. The molecule has 0 amide bonds. The fourth-order valence-corrected chi connectivity index (χ4v) is 2.89. The van der Waals surface area contributed by atoms with Crippen molar-refractivity contribution in [2.45, 2.75) is 11.8 Å². The van der Waals surface area contributed by atoms with Crippen LogP contribution in [0.25, 0.3) is 0 Å². The molecule has 0 saturated carbocycles. The number of nitrogens with zero attached hydrogens (tertiary/aromatic N) is 1. The van der Waals surface area contributed by atoms with E-state index in [1.54, 1.807) is 37.3 Å². The number of nitriles is 1. The quantitative estimate of drug-likeness (QED) is 0.813. The SMILES string of the molecule is Cc1cc(Oc2ccc(C#N)cc2)ccc1S(=O)(=O)Cl. The van der Waals surface area contributed by atoms with Gasteiger partial charge in [-0.05, 0) is 55.0 Å². The Bertz CT molecular complexity index is 777. The Hall–Kier alpha value is -2.03. The lowest BCUT2D eigenvalue weighted by molar-refractivity contribution is 0.481. The molecule has 0 heterocycles. The van der Waals surface area contributed by atoms with Gasteiger partial charge in [-0.2, -0.15) is 5.26 Å². The molecule has 0 aliphatic carbocycles.